The Morgan fingerprint density at radius 3 is 1.47 bits per heavy atom. The Labute approximate surface area is 316 Å². The lowest BCUT2D eigenvalue weighted by atomic mass is 10.0. The number of aromatic nitrogens is 6. The summed E-state index contributed by atoms with van der Waals surface area (Å²) in [6.07, 6.45) is -6.27. The number of halogens is 10. The predicted molar refractivity (Wildman–Crippen MR) is 181 cm³/mol. The van der Waals surface area contributed by atoms with Gasteiger partial charge in [0.25, 0.3) is 0 Å². The van der Waals surface area contributed by atoms with Gasteiger partial charge in [0.15, 0.2) is 0 Å². The van der Waals surface area contributed by atoms with Crippen molar-refractivity contribution < 1.29 is 54.4 Å². The molecule has 0 saturated carbocycles. The Hall–Kier alpha value is -5.30. The number of imidazole rings is 2. The third-order valence-corrected chi connectivity index (χ3v) is 8.05. The lowest BCUT2D eigenvalue weighted by Gasteiger charge is -2.21. The van der Waals surface area contributed by atoms with Gasteiger partial charge in [0.05, 0.1) is 55.4 Å². The van der Waals surface area contributed by atoms with Crippen molar-refractivity contribution in [1.82, 2.24) is 29.1 Å². The molecule has 0 fully saturated rings. The minimum absolute atomic E-state index is 0.204. The van der Waals surface area contributed by atoms with Gasteiger partial charge in [-0.05, 0) is 48.5 Å². The molecule has 2 atom stereocenters. The van der Waals surface area contributed by atoms with E-state index in [2.05, 4.69) is 19.9 Å². The quantitative estimate of drug-likeness (QED) is 0.129. The van der Waals surface area contributed by atoms with E-state index < -0.39 is 59.7 Å². The van der Waals surface area contributed by atoms with Crippen molar-refractivity contribution in [3.8, 4) is 23.3 Å². The van der Waals surface area contributed by atoms with Gasteiger partial charge < -0.3 is 28.5 Å². The zero-order valence-electron chi connectivity index (χ0n) is 27.9. The number of methoxy groups -OCH3 is 1. The van der Waals surface area contributed by atoms with E-state index >= 15 is 0 Å². The second-order valence-corrected chi connectivity index (χ2v) is 12.2. The van der Waals surface area contributed by atoms with Crippen LogP contribution >= 0.6 is 23.2 Å². The molecule has 0 bridgehead atoms. The number of rotatable bonds is 11. The van der Waals surface area contributed by atoms with Crippen molar-refractivity contribution in [3.63, 3.8) is 0 Å². The van der Waals surface area contributed by atoms with Crippen LogP contribution in [0.25, 0.3) is 0 Å². The van der Waals surface area contributed by atoms with E-state index in [9.17, 15) is 40.2 Å². The number of alkyl halides is 6. The monoisotopic (exact) mass is 816 g/mol. The molecule has 4 aromatic heterocycles. The number of hydrogen-bond donors (Lipinski definition) is 1. The van der Waals surface area contributed by atoms with Crippen LogP contribution in [0.3, 0.4) is 0 Å². The Kier molecular flexibility index (Phi) is 13.0. The van der Waals surface area contributed by atoms with E-state index in [0.717, 1.165) is 46.3 Å². The van der Waals surface area contributed by atoms with Gasteiger partial charge in [-0.1, -0.05) is 23.2 Å². The average molecular weight is 818 g/mol. The second-order valence-electron chi connectivity index (χ2n) is 11.3. The molecule has 55 heavy (non-hydrogen) atoms. The predicted octanol–water partition coefficient (Wildman–Crippen LogP) is 9.88. The first-order chi connectivity index (χ1) is 26.0. The maximum Gasteiger partial charge on any atom is 0.417 e. The summed E-state index contributed by atoms with van der Waals surface area (Å²) in [5, 5.41) is 11.1. The number of aliphatic hydroxyl groups excluding tert-OH is 1. The summed E-state index contributed by atoms with van der Waals surface area (Å²) in [5.41, 5.74) is -2.86. The smallest absolute Gasteiger partial charge is 0.417 e. The largest absolute Gasteiger partial charge is 0.439 e. The summed E-state index contributed by atoms with van der Waals surface area (Å²) >= 11 is 11.5. The van der Waals surface area contributed by atoms with Crippen LogP contribution in [0.1, 0.15) is 34.5 Å². The van der Waals surface area contributed by atoms with Crippen molar-refractivity contribution in [2.24, 2.45) is 0 Å². The Morgan fingerprint density at radius 1 is 0.655 bits per heavy atom. The first-order valence-electron chi connectivity index (χ1n) is 15.5. The molecule has 4 heterocycles. The maximum atomic E-state index is 13.6. The zero-order valence-corrected chi connectivity index (χ0v) is 29.5. The molecule has 0 aliphatic heterocycles. The fourth-order valence-electron chi connectivity index (χ4n) is 4.91. The summed E-state index contributed by atoms with van der Waals surface area (Å²) in [6, 6.07) is 13.5. The average Bonchev–Trinajstić information content (AvgIpc) is 3.74. The minimum atomic E-state index is -4.77. The Bertz CT molecular complexity index is 2180. The van der Waals surface area contributed by atoms with Crippen LogP contribution in [0.5, 0.6) is 23.3 Å². The highest BCUT2D eigenvalue weighted by atomic mass is 35.5. The molecule has 0 radical (unpaired) electrons. The highest BCUT2D eigenvalue weighted by Gasteiger charge is 2.38. The van der Waals surface area contributed by atoms with Crippen molar-refractivity contribution in [2.75, 3.05) is 7.11 Å². The van der Waals surface area contributed by atoms with Gasteiger partial charge in [0, 0.05) is 52.8 Å². The highest BCUT2D eigenvalue weighted by Crippen LogP contribution is 2.39. The van der Waals surface area contributed by atoms with Gasteiger partial charge in [0.1, 0.15) is 17.6 Å². The molecule has 0 amide bonds. The van der Waals surface area contributed by atoms with Gasteiger partial charge in [-0.15, -0.1) is 0 Å². The highest BCUT2D eigenvalue weighted by molar-refractivity contribution is 6.30. The van der Waals surface area contributed by atoms with E-state index in [1.54, 1.807) is 0 Å². The summed E-state index contributed by atoms with van der Waals surface area (Å²) in [5.74, 6) is -1.50. The SMILES string of the molecule is COC(Cn1cncc1F)c1cnc(Oc2ccc(Cl)cc2)cc1C(F)(F)F.OC(Cn1cncc1F)c1cnc(Oc2ccc(Cl)cc2)cc1C(F)(F)F. The molecule has 20 heteroatoms. The lowest BCUT2D eigenvalue weighted by molar-refractivity contribution is -0.140. The van der Waals surface area contributed by atoms with Gasteiger partial charge in [-0.3, -0.25) is 0 Å². The number of ether oxygens (including phenoxy) is 3. The number of pyridine rings is 2. The molecule has 2 unspecified atom stereocenters. The van der Waals surface area contributed by atoms with E-state index in [0.29, 0.717) is 16.1 Å². The molecule has 10 nitrogen and oxygen atoms in total. The van der Waals surface area contributed by atoms with Crippen LogP contribution < -0.4 is 9.47 Å². The molecule has 2 aromatic carbocycles. The van der Waals surface area contributed by atoms with Crippen LogP contribution in [-0.4, -0.2) is 41.3 Å². The molecule has 290 valence electrons. The first kappa shape index (κ1) is 40.9. The van der Waals surface area contributed by atoms with E-state index in [4.69, 9.17) is 37.4 Å². The zero-order chi connectivity index (χ0) is 39.9. The van der Waals surface area contributed by atoms with Crippen molar-refractivity contribution in [3.05, 3.63) is 142 Å². The van der Waals surface area contributed by atoms with Crippen LogP contribution in [0.2, 0.25) is 10.0 Å². The molecule has 6 aromatic rings. The Balaban J connectivity index is 0.000000211. The van der Waals surface area contributed by atoms with Crippen molar-refractivity contribution >= 4 is 23.2 Å². The third-order valence-electron chi connectivity index (χ3n) is 7.55. The van der Waals surface area contributed by atoms with Crippen molar-refractivity contribution in [2.45, 2.75) is 37.7 Å². The molecular weight excluding hydrogens is 791 g/mol. The second kappa shape index (κ2) is 17.4. The number of benzene rings is 2. The summed E-state index contributed by atoms with van der Waals surface area (Å²) < 4.78 is 126. The number of aliphatic hydroxyl groups is 1. The van der Waals surface area contributed by atoms with Gasteiger partial charge >= 0.3 is 12.4 Å². The van der Waals surface area contributed by atoms with E-state index in [1.807, 2.05) is 0 Å². The van der Waals surface area contributed by atoms with E-state index in [1.165, 1.54) is 62.0 Å². The molecule has 0 aliphatic rings. The number of nitrogens with zero attached hydrogens (tertiary/aromatic N) is 6. The fraction of sp³-hybridized carbons (Fsp3) is 0.200. The molecule has 1 N–H and O–H groups in total. The van der Waals surface area contributed by atoms with Gasteiger partial charge in [0.2, 0.25) is 23.7 Å². The van der Waals surface area contributed by atoms with E-state index in [-0.39, 0.29) is 35.4 Å². The lowest BCUT2D eigenvalue weighted by Crippen LogP contribution is -2.18. The molecule has 0 aliphatic carbocycles. The normalized spacial score (nSPS) is 12.8. The topological polar surface area (TPSA) is 109 Å². The summed E-state index contributed by atoms with van der Waals surface area (Å²) in [7, 11) is 1.23. The van der Waals surface area contributed by atoms with Crippen LogP contribution in [0, 0.1) is 11.9 Å². The van der Waals surface area contributed by atoms with Crippen LogP contribution in [-0.2, 0) is 30.2 Å². The van der Waals surface area contributed by atoms with Crippen molar-refractivity contribution in [1.29, 1.82) is 0 Å². The standard InChI is InChI=1S/C18H14ClF4N3O2.C17H12ClF4N3O2/c1-27-15(9-26-10-24-8-16(26)20)13-7-25-17(6-14(13)18(21,22)23)28-12-4-2-11(19)3-5-12;18-10-1-3-11(4-2-10)27-16-5-13(17(20,21)22)12(6-24-16)14(26)8-25-9-23-7-15(25)19/h2-8,10,15H,9H2,1H3;1-7,9,14,26H,8H2. The van der Waals surface area contributed by atoms with Crippen LogP contribution in [0.15, 0.2) is 98.1 Å². The minimum Gasteiger partial charge on any atom is -0.439 e. The van der Waals surface area contributed by atoms with Gasteiger partial charge in [-0.2, -0.15) is 35.1 Å². The molecule has 0 spiro atoms. The summed E-state index contributed by atoms with van der Waals surface area (Å²) in [4.78, 5) is 14.9. The molecule has 6 rings (SSSR count). The molecular formula is C35H26Cl2F8N6O4. The Morgan fingerprint density at radius 2 is 1.07 bits per heavy atom. The molecule has 0 saturated heterocycles. The number of hydrogen-bond acceptors (Lipinski definition) is 8. The maximum absolute atomic E-state index is 13.6. The fourth-order valence-corrected chi connectivity index (χ4v) is 5.16. The van der Waals surface area contributed by atoms with Gasteiger partial charge in [-0.25, -0.2) is 19.9 Å². The van der Waals surface area contributed by atoms with Crippen LogP contribution in [0.4, 0.5) is 35.1 Å². The summed E-state index contributed by atoms with van der Waals surface area (Å²) in [6.45, 7) is -0.654. The first-order valence-corrected chi connectivity index (χ1v) is 16.3. The third kappa shape index (κ3) is 10.9.